The lowest BCUT2D eigenvalue weighted by Gasteiger charge is -2.32. The molecule has 0 amide bonds. The summed E-state index contributed by atoms with van der Waals surface area (Å²) in [7, 11) is 0. The molecule has 1 N–H and O–H groups in total. The molecule has 2 nitrogen and oxygen atoms in total. The molecule has 2 rings (SSSR count). The summed E-state index contributed by atoms with van der Waals surface area (Å²) in [5, 5.41) is 3.74. The van der Waals surface area contributed by atoms with Gasteiger partial charge in [0, 0.05) is 22.1 Å². The van der Waals surface area contributed by atoms with E-state index in [-0.39, 0.29) is 0 Å². The van der Waals surface area contributed by atoms with E-state index in [2.05, 4.69) is 60.0 Å². The van der Waals surface area contributed by atoms with E-state index in [0.29, 0.717) is 12.0 Å². The highest BCUT2D eigenvalue weighted by Gasteiger charge is 2.26. The topological polar surface area (TPSA) is 21.3 Å². The smallest absolute Gasteiger partial charge is 0.0512 e. The van der Waals surface area contributed by atoms with Crippen LogP contribution in [0.25, 0.3) is 0 Å². The lowest BCUT2D eigenvalue weighted by Crippen LogP contribution is -2.34. The summed E-state index contributed by atoms with van der Waals surface area (Å²) in [6, 6.07) is 7.08. The molecule has 0 spiro atoms. The van der Waals surface area contributed by atoms with Gasteiger partial charge in [0.1, 0.15) is 0 Å². The lowest BCUT2D eigenvalue weighted by atomic mass is 9.88. The van der Waals surface area contributed by atoms with Crippen LogP contribution in [0.15, 0.2) is 18.2 Å². The van der Waals surface area contributed by atoms with Crippen LogP contribution in [0, 0.1) is 16.4 Å². The summed E-state index contributed by atoms with van der Waals surface area (Å²) >= 11 is 2.49. The fourth-order valence-electron chi connectivity index (χ4n) is 2.77. The molecule has 1 aliphatic rings. The predicted octanol–water partition coefficient (Wildman–Crippen LogP) is 4.07. The number of benzene rings is 1. The largest absolute Gasteiger partial charge is 0.381 e. The third kappa shape index (κ3) is 3.92. The van der Waals surface area contributed by atoms with Gasteiger partial charge in [-0.15, -0.1) is 0 Å². The molecule has 106 valence electrons. The molecular weight excluding hydrogens is 349 g/mol. The molecule has 1 aromatic carbocycles. The minimum Gasteiger partial charge on any atom is -0.381 e. The maximum absolute atomic E-state index is 5.69. The number of rotatable bonds is 5. The Morgan fingerprint density at radius 3 is 3.00 bits per heavy atom. The van der Waals surface area contributed by atoms with Crippen LogP contribution in [0.4, 0.5) is 0 Å². The summed E-state index contributed by atoms with van der Waals surface area (Å²) < 4.78 is 7.09. The second-order valence-electron chi connectivity index (χ2n) is 5.39. The fraction of sp³-hybridized carbons (Fsp3) is 0.625. The van der Waals surface area contributed by atoms with Gasteiger partial charge >= 0.3 is 0 Å². The van der Waals surface area contributed by atoms with Crippen molar-refractivity contribution in [3.05, 3.63) is 32.9 Å². The zero-order valence-corrected chi connectivity index (χ0v) is 14.1. The highest BCUT2D eigenvalue weighted by atomic mass is 127. The molecule has 1 saturated heterocycles. The summed E-state index contributed by atoms with van der Waals surface area (Å²) in [4.78, 5) is 0. The number of ether oxygens (including phenoxy) is 1. The second-order valence-corrected chi connectivity index (χ2v) is 6.47. The third-order valence-electron chi connectivity index (χ3n) is 3.84. The number of hydrogen-bond donors (Lipinski definition) is 1. The molecule has 19 heavy (non-hydrogen) atoms. The minimum absolute atomic E-state index is 0.437. The van der Waals surface area contributed by atoms with Crippen LogP contribution in [0.2, 0.25) is 0 Å². The van der Waals surface area contributed by atoms with E-state index in [1.54, 1.807) is 0 Å². The van der Waals surface area contributed by atoms with Crippen molar-refractivity contribution < 1.29 is 4.74 Å². The molecule has 0 aromatic heterocycles. The first-order valence-electron chi connectivity index (χ1n) is 7.30. The highest BCUT2D eigenvalue weighted by Crippen LogP contribution is 2.32. The average Bonchev–Trinajstić information content (AvgIpc) is 2.45. The van der Waals surface area contributed by atoms with Crippen LogP contribution in [0.3, 0.4) is 0 Å². The highest BCUT2D eigenvalue weighted by molar-refractivity contribution is 14.1. The van der Waals surface area contributed by atoms with E-state index >= 15 is 0 Å². The normalized spacial score (nSPS) is 21.3. The van der Waals surface area contributed by atoms with E-state index in [4.69, 9.17) is 4.74 Å². The Hall–Kier alpha value is -0.130. The first-order chi connectivity index (χ1) is 9.24. The van der Waals surface area contributed by atoms with E-state index in [1.165, 1.54) is 34.0 Å². The average molecular weight is 373 g/mol. The molecule has 0 radical (unpaired) electrons. The number of nitrogens with one attached hydrogen (secondary N) is 1. The van der Waals surface area contributed by atoms with Gasteiger partial charge in [-0.05, 0) is 66.4 Å². The Morgan fingerprint density at radius 2 is 2.32 bits per heavy atom. The third-order valence-corrected chi connectivity index (χ3v) is 5.31. The van der Waals surface area contributed by atoms with Crippen LogP contribution < -0.4 is 5.32 Å². The minimum atomic E-state index is 0.437. The SMILES string of the molecule is CCCNC(c1cccc(C)c1I)C1CCCOC1. The molecule has 1 fully saturated rings. The maximum atomic E-state index is 5.69. The molecule has 1 aliphatic heterocycles. The molecule has 0 bridgehead atoms. The van der Waals surface area contributed by atoms with Gasteiger partial charge in [0.05, 0.1) is 6.61 Å². The predicted molar refractivity (Wildman–Crippen MR) is 88.5 cm³/mol. The molecule has 2 atom stereocenters. The molecular formula is C16H24INO. The second kappa shape index (κ2) is 7.60. The maximum Gasteiger partial charge on any atom is 0.0512 e. The van der Waals surface area contributed by atoms with Gasteiger partial charge in [0.25, 0.3) is 0 Å². The van der Waals surface area contributed by atoms with Gasteiger partial charge in [0.2, 0.25) is 0 Å². The van der Waals surface area contributed by atoms with Crippen molar-refractivity contribution in [3.63, 3.8) is 0 Å². The first kappa shape index (κ1) is 15.3. The molecule has 1 heterocycles. The Bertz CT molecular complexity index is 402. The van der Waals surface area contributed by atoms with Crippen LogP contribution in [-0.4, -0.2) is 19.8 Å². The number of halogens is 1. The van der Waals surface area contributed by atoms with Crippen molar-refractivity contribution in [2.45, 2.75) is 39.2 Å². The van der Waals surface area contributed by atoms with Crippen LogP contribution in [-0.2, 0) is 4.74 Å². The zero-order valence-electron chi connectivity index (χ0n) is 11.9. The van der Waals surface area contributed by atoms with Gasteiger partial charge in [-0.3, -0.25) is 0 Å². The first-order valence-corrected chi connectivity index (χ1v) is 8.38. The molecule has 0 saturated carbocycles. The van der Waals surface area contributed by atoms with Crippen LogP contribution >= 0.6 is 22.6 Å². The molecule has 2 unspecified atom stereocenters. The molecule has 0 aliphatic carbocycles. The fourth-order valence-corrected chi connectivity index (χ4v) is 3.46. The standard InChI is InChI=1S/C16H24INO/c1-3-9-18-16(13-7-5-10-19-11-13)14-8-4-6-12(2)15(14)17/h4,6,8,13,16,18H,3,5,7,9-11H2,1-2H3. The van der Waals surface area contributed by atoms with Crippen LogP contribution in [0.5, 0.6) is 0 Å². The van der Waals surface area contributed by atoms with Gasteiger partial charge in [-0.2, -0.15) is 0 Å². The van der Waals surface area contributed by atoms with Gasteiger partial charge in [0.15, 0.2) is 0 Å². The number of aryl methyl sites for hydroxylation is 1. The summed E-state index contributed by atoms with van der Waals surface area (Å²) in [6.45, 7) is 7.32. The van der Waals surface area contributed by atoms with Gasteiger partial charge < -0.3 is 10.1 Å². The van der Waals surface area contributed by atoms with Crippen LogP contribution in [0.1, 0.15) is 43.4 Å². The molecule has 3 heteroatoms. The lowest BCUT2D eigenvalue weighted by molar-refractivity contribution is 0.0389. The van der Waals surface area contributed by atoms with Crippen molar-refractivity contribution in [2.24, 2.45) is 5.92 Å². The van der Waals surface area contributed by atoms with E-state index < -0.39 is 0 Å². The summed E-state index contributed by atoms with van der Waals surface area (Å²) in [5.74, 6) is 0.607. The number of hydrogen-bond acceptors (Lipinski definition) is 2. The Kier molecular flexibility index (Phi) is 6.10. The quantitative estimate of drug-likeness (QED) is 0.786. The zero-order chi connectivity index (χ0) is 13.7. The van der Waals surface area contributed by atoms with Crippen molar-refractivity contribution in [1.82, 2.24) is 5.32 Å². The molecule has 1 aromatic rings. The van der Waals surface area contributed by atoms with Crippen molar-refractivity contribution in [1.29, 1.82) is 0 Å². The monoisotopic (exact) mass is 373 g/mol. The van der Waals surface area contributed by atoms with E-state index in [1.807, 2.05) is 0 Å². The van der Waals surface area contributed by atoms with Crippen molar-refractivity contribution in [2.75, 3.05) is 19.8 Å². The van der Waals surface area contributed by atoms with Crippen molar-refractivity contribution >= 4 is 22.6 Å². The van der Waals surface area contributed by atoms with E-state index in [9.17, 15) is 0 Å². The van der Waals surface area contributed by atoms with Crippen molar-refractivity contribution in [3.8, 4) is 0 Å². The Labute approximate surface area is 130 Å². The Morgan fingerprint density at radius 1 is 1.47 bits per heavy atom. The van der Waals surface area contributed by atoms with E-state index in [0.717, 1.165) is 19.8 Å². The summed E-state index contributed by atoms with van der Waals surface area (Å²) in [6.07, 6.45) is 3.63. The van der Waals surface area contributed by atoms with Gasteiger partial charge in [-0.1, -0.05) is 25.1 Å². The van der Waals surface area contributed by atoms with Gasteiger partial charge in [-0.25, -0.2) is 0 Å². The Balaban J connectivity index is 2.22. The summed E-state index contributed by atoms with van der Waals surface area (Å²) in [5.41, 5.74) is 2.82.